The average Bonchev–Trinajstić information content (AvgIpc) is 3.26. The van der Waals surface area contributed by atoms with Gasteiger partial charge < -0.3 is 10.2 Å². The van der Waals surface area contributed by atoms with Crippen LogP contribution in [0.5, 0.6) is 0 Å². The highest BCUT2D eigenvalue weighted by atomic mass is 35.5. The summed E-state index contributed by atoms with van der Waals surface area (Å²) in [6, 6.07) is 0. The minimum atomic E-state index is -2.40. The second kappa shape index (κ2) is 11.6. The maximum atomic E-state index is 14.1. The lowest BCUT2D eigenvalue weighted by Crippen LogP contribution is -2.31. The zero-order chi connectivity index (χ0) is 21.3. The molecule has 0 saturated carbocycles. The molecule has 11 heteroatoms. The molecule has 2 heterocycles. The van der Waals surface area contributed by atoms with Gasteiger partial charge in [-0.25, -0.2) is 19.2 Å². The summed E-state index contributed by atoms with van der Waals surface area (Å²) >= 11 is 13.5. The van der Waals surface area contributed by atoms with Gasteiger partial charge in [0.1, 0.15) is 5.69 Å². The Balaban J connectivity index is 0.000000283. The number of nitrogens with zero attached hydrogens (tertiary/aromatic N) is 2. The van der Waals surface area contributed by atoms with E-state index in [1.807, 2.05) is 13.8 Å². The highest BCUT2D eigenvalue weighted by Gasteiger charge is 2.42. The van der Waals surface area contributed by atoms with Crippen LogP contribution >= 0.6 is 45.9 Å². The van der Waals surface area contributed by atoms with Crippen LogP contribution in [0.4, 0.5) is 4.39 Å². The van der Waals surface area contributed by atoms with Gasteiger partial charge in [-0.3, -0.25) is 4.79 Å². The van der Waals surface area contributed by atoms with E-state index in [-0.39, 0.29) is 16.6 Å². The Morgan fingerprint density at radius 3 is 2.14 bits per heavy atom. The van der Waals surface area contributed by atoms with Crippen molar-refractivity contribution in [1.82, 2.24) is 9.97 Å². The average molecular weight is 471 g/mol. The van der Waals surface area contributed by atoms with Crippen molar-refractivity contribution in [3.63, 3.8) is 0 Å². The number of alkyl halides is 1. The number of halogens is 3. The molecular formula is C17H21Cl2FN2O4S2. The molecular weight excluding hydrogens is 450 g/mol. The van der Waals surface area contributed by atoms with Crippen molar-refractivity contribution in [2.24, 2.45) is 0 Å². The van der Waals surface area contributed by atoms with E-state index in [1.165, 1.54) is 16.7 Å². The standard InChI is InChI=1S/C9H11ClFNO2S.C8H10ClNO2S/c1-2-3-4-9(11,7(13)14)6-5-15-8(10)12-6;1-2-3-5(7(11)12)6-4-13-8(9)10-6/h5H,2-4H2,1H3,(H,13,14);4-5H,2-3H2,1H3,(H,11,12). The van der Waals surface area contributed by atoms with E-state index in [1.54, 1.807) is 5.38 Å². The highest BCUT2D eigenvalue weighted by Crippen LogP contribution is 2.34. The molecule has 2 N–H and O–H groups in total. The minimum Gasteiger partial charge on any atom is -0.481 e. The number of hydrogen-bond acceptors (Lipinski definition) is 6. The first kappa shape index (κ1) is 24.7. The molecule has 28 heavy (non-hydrogen) atoms. The van der Waals surface area contributed by atoms with Crippen LogP contribution in [0, 0.1) is 0 Å². The van der Waals surface area contributed by atoms with Gasteiger partial charge in [0.15, 0.2) is 8.93 Å². The molecule has 0 fully saturated rings. The maximum absolute atomic E-state index is 14.1. The maximum Gasteiger partial charge on any atom is 0.347 e. The van der Waals surface area contributed by atoms with Crippen LogP contribution in [0.1, 0.15) is 63.3 Å². The summed E-state index contributed by atoms with van der Waals surface area (Å²) < 4.78 is 14.7. The highest BCUT2D eigenvalue weighted by molar-refractivity contribution is 7.14. The Labute approximate surface area is 180 Å². The number of carboxylic acid groups (broad SMARTS) is 2. The fourth-order valence-corrected chi connectivity index (χ4v) is 3.96. The molecule has 2 atom stereocenters. The van der Waals surface area contributed by atoms with Gasteiger partial charge in [-0.2, -0.15) is 0 Å². The Kier molecular flexibility index (Phi) is 10.3. The molecule has 2 aromatic heterocycles. The monoisotopic (exact) mass is 470 g/mol. The van der Waals surface area contributed by atoms with Crippen molar-refractivity contribution < 1.29 is 24.2 Å². The first-order valence-electron chi connectivity index (χ1n) is 8.53. The van der Waals surface area contributed by atoms with Gasteiger partial charge in [0.2, 0.25) is 5.67 Å². The molecule has 0 aliphatic rings. The van der Waals surface area contributed by atoms with Crippen LogP contribution < -0.4 is 0 Å². The summed E-state index contributed by atoms with van der Waals surface area (Å²) in [6.45, 7) is 3.82. The summed E-state index contributed by atoms with van der Waals surface area (Å²) in [5.74, 6) is -2.84. The van der Waals surface area contributed by atoms with E-state index in [0.717, 1.165) is 24.2 Å². The number of aliphatic carboxylic acids is 2. The van der Waals surface area contributed by atoms with E-state index < -0.39 is 23.5 Å². The fourth-order valence-electron chi connectivity index (χ4n) is 2.31. The van der Waals surface area contributed by atoms with Crippen LogP contribution in [0.15, 0.2) is 10.8 Å². The van der Waals surface area contributed by atoms with Crippen molar-refractivity contribution in [2.75, 3.05) is 0 Å². The van der Waals surface area contributed by atoms with E-state index in [9.17, 15) is 14.0 Å². The van der Waals surface area contributed by atoms with Gasteiger partial charge in [0, 0.05) is 10.8 Å². The van der Waals surface area contributed by atoms with E-state index in [2.05, 4.69) is 9.97 Å². The van der Waals surface area contributed by atoms with Crippen LogP contribution in [-0.4, -0.2) is 32.1 Å². The van der Waals surface area contributed by atoms with E-state index >= 15 is 0 Å². The van der Waals surface area contributed by atoms with Crippen LogP contribution in [0.2, 0.25) is 8.93 Å². The number of carbonyl (C=O) groups is 2. The second-order valence-corrected chi connectivity index (χ2v) is 8.78. The topological polar surface area (TPSA) is 100 Å². The number of hydrogen-bond donors (Lipinski definition) is 2. The Bertz CT molecular complexity index is 787. The fraction of sp³-hybridized carbons (Fsp3) is 0.529. The van der Waals surface area contributed by atoms with Crippen molar-refractivity contribution in [2.45, 2.75) is 57.5 Å². The SMILES string of the molecule is CCCC(C(=O)O)c1csc(Cl)n1.CCCCC(F)(C(=O)O)c1csc(Cl)n1. The minimum absolute atomic E-state index is 0.0705. The predicted molar refractivity (Wildman–Crippen MR) is 109 cm³/mol. The molecule has 0 radical (unpaired) electrons. The third-order valence-corrected chi connectivity index (χ3v) is 5.80. The lowest BCUT2D eigenvalue weighted by Gasteiger charge is -2.17. The van der Waals surface area contributed by atoms with Crippen molar-refractivity contribution >= 4 is 57.8 Å². The third-order valence-electron chi connectivity index (χ3n) is 3.82. The largest absolute Gasteiger partial charge is 0.481 e. The first-order chi connectivity index (χ1) is 13.2. The summed E-state index contributed by atoms with van der Waals surface area (Å²) in [5.41, 5.74) is -1.93. The smallest absolute Gasteiger partial charge is 0.347 e. The van der Waals surface area contributed by atoms with Gasteiger partial charge in [-0.15, -0.1) is 22.7 Å². The molecule has 0 aromatic carbocycles. The van der Waals surface area contributed by atoms with Gasteiger partial charge in [0.25, 0.3) is 0 Å². The molecule has 0 spiro atoms. The molecule has 0 saturated heterocycles. The number of thiazole rings is 2. The van der Waals surface area contributed by atoms with Crippen LogP contribution in [0.25, 0.3) is 0 Å². The molecule has 6 nitrogen and oxygen atoms in total. The quantitative estimate of drug-likeness (QED) is 0.465. The lowest BCUT2D eigenvalue weighted by atomic mass is 9.96. The van der Waals surface area contributed by atoms with Gasteiger partial charge in [0.05, 0.1) is 11.6 Å². The summed E-state index contributed by atoms with van der Waals surface area (Å²) in [4.78, 5) is 29.3. The zero-order valence-electron chi connectivity index (χ0n) is 15.3. The second-order valence-electron chi connectivity index (χ2n) is 5.90. The van der Waals surface area contributed by atoms with Crippen molar-refractivity contribution in [3.05, 3.63) is 31.1 Å². The zero-order valence-corrected chi connectivity index (χ0v) is 18.5. The molecule has 0 amide bonds. The Morgan fingerprint density at radius 2 is 1.75 bits per heavy atom. The van der Waals surface area contributed by atoms with Gasteiger partial charge >= 0.3 is 11.9 Å². The van der Waals surface area contributed by atoms with Gasteiger partial charge in [-0.05, 0) is 19.3 Å². The van der Waals surface area contributed by atoms with E-state index in [4.69, 9.17) is 33.4 Å². The number of aromatic nitrogens is 2. The summed E-state index contributed by atoms with van der Waals surface area (Å²) in [7, 11) is 0. The molecule has 0 aliphatic heterocycles. The Morgan fingerprint density at radius 1 is 1.14 bits per heavy atom. The summed E-state index contributed by atoms with van der Waals surface area (Å²) in [5, 5.41) is 20.8. The lowest BCUT2D eigenvalue weighted by molar-refractivity contribution is -0.152. The third kappa shape index (κ3) is 6.95. The first-order valence-corrected chi connectivity index (χ1v) is 11.0. The van der Waals surface area contributed by atoms with Crippen molar-refractivity contribution in [3.8, 4) is 0 Å². The molecule has 156 valence electrons. The molecule has 2 aromatic rings. The van der Waals surface area contributed by atoms with Gasteiger partial charge in [-0.1, -0.05) is 49.9 Å². The Hall–Kier alpha value is -1.29. The summed E-state index contributed by atoms with van der Waals surface area (Å²) in [6.07, 6.45) is 2.59. The molecule has 0 bridgehead atoms. The van der Waals surface area contributed by atoms with E-state index in [0.29, 0.717) is 23.0 Å². The molecule has 2 rings (SSSR count). The molecule has 2 unspecified atom stereocenters. The number of unbranched alkanes of at least 4 members (excludes halogenated alkanes) is 1. The normalized spacial score (nSPS) is 13.9. The van der Waals surface area contributed by atoms with Crippen LogP contribution in [0.3, 0.4) is 0 Å². The predicted octanol–water partition coefficient (Wildman–Crippen LogP) is 6.00. The van der Waals surface area contributed by atoms with Crippen molar-refractivity contribution in [1.29, 1.82) is 0 Å². The number of rotatable bonds is 9. The molecule has 0 aliphatic carbocycles. The number of carboxylic acids is 2. The van der Waals surface area contributed by atoms with Crippen LogP contribution in [-0.2, 0) is 15.3 Å².